The molecule has 1 aliphatic rings. The Labute approximate surface area is 93.8 Å². The van der Waals surface area contributed by atoms with E-state index in [-0.39, 0.29) is 6.10 Å². The van der Waals surface area contributed by atoms with Crippen molar-refractivity contribution < 1.29 is 4.74 Å². The van der Waals surface area contributed by atoms with Crippen molar-refractivity contribution in [3.8, 4) is 0 Å². The largest absolute Gasteiger partial charge is 0.372 e. The van der Waals surface area contributed by atoms with Gasteiger partial charge in [0.2, 0.25) is 0 Å². The van der Waals surface area contributed by atoms with Crippen LogP contribution in [0.5, 0.6) is 0 Å². The van der Waals surface area contributed by atoms with E-state index in [1.165, 1.54) is 4.88 Å². The van der Waals surface area contributed by atoms with Crippen LogP contribution in [0.4, 0.5) is 0 Å². The first-order valence-corrected chi connectivity index (χ1v) is 6.20. The van der Waals surface area contributed by atoms with Crippen LogP contribution < -0.4 is 11.1 Å². The van der Waals surface area contributed by atoms with E-state index in [0.29, 0.717) is 12.6 Å². The average molecular weight is 227 g/mol. The Kier molecular flexibility index (Phi) is 4.08. The Morgan fingerprint density at radius 1 is 1.53 bits per heavy atom. The van der Waals surface area contributed by atoms with E-state index in [1.807, 2.05) is 11.7 Å². The topological polar surface area (TPSA) is 60.2 Å². The van der Waals surface area contributed by atoms with Crippen molar-refractivity contribution in [1.29, 1.82) is 0 Å². The van der Waals surface area contributed by atoms with Gasteiger partial charge >= 0.3 is 0 Å². The predicted octanol–water partition coefficient (Wildman–Crippen LogP) is 0.739. The van der Waals surface area contributed by atoms with Crippen LogP contribution in [0.2, 0.25) is 0 Å². The maximum absolute atomic E-state index is 5.73. The molecule has 15 heavy (non-hydrogen) atoms. The van der Waals surface area contributed by atoms with E-state index in [1.54, 1.807) is 11.3 Å². The number of ether oxygens (including phenoxy) is 1. The zero-order valence-electron chi connectivity index (χ0n) is 8.69. The molecule has 2 unspecified atom stereocenters. The summed E-state index contributed by atoms with van der Waals surface area (Å²) in [5, 5.41) is 3.38. The van der Waals surface area contributed by atoms with Crippen molar-refractivity contribution in [3.63, 3.8) is 0 Å². The Hall–Kier alpha value is -0.490. The van der Waals surface area contributed by atoms with Crippen LogP contribution in [-0.2, 0) is 11.3 Å². The third-order valence-corrected chi connectivity index (χ3v) is 3.39. The zero-order chi connectivity index (χ0) is 10.5. The summed E-state index contributed by atoms with van der Waals surface area (Å²) in [6, 6.07) is 0. The maximum atomic E-state index is 5.73. The van der Waals surface area contributed by atoms with Gasteiger partial charge < -0.3 is 15.8 Å². The monoisotopic (exact) mass is 227 g/mol. The summed E-state index contributed by atoms with van der Waals surface area (Å²) in [6.45, 7) is 2.44. The number of nitrogens with one attached hydrogen (secondary N) is 1. The van der Waals surface area contributed by atoms with Gasteiger partial charge in [-0.2, -0.15) is 0 Å². The smallest absolute Gasteiger partial charge is 0.0794 e. The highest BCUT2D eigenvalue weighted by Crippen LogP contribution is 2.18. The highest BCUT2D eigenvalue weighted by molar-refractivity contribution is 7.09. The number of hydrogen-bond donors (Lipinski definition) is 2. The molecular weight excluding hydrogens is 210 g/mol. The van der Waals surface area contributed by atoms with Gasteiger partial charge in [0.25, 0.3) is 0 Å². The lowest BCUT2D eigenvalue weighted by Gasteiger charge is -2.12. The molecule has 1 aromatic rings. The van der Waals surface area contributed by atoms with Gasteiger partial charge in [-0.05, 0) is 12.8 Å². The lowest BCUT2D eigenvalue weighted by atomic mass is 10.2. The van der Waals surface area contributed by atoms with Crippen molar-refractivity contribution in [2.75, 3.05) is 13.1 Å². The Bertz CT molecular complexity index is 278. The van der Waals surface area contributed by atoms with E-state index in [2.05, 4.69) is 10.3 Å². The Morgan fingerprint density at radius 2 is 2.40 bits per heavy atom. The standard InChI is InChI=1S/C10H17N3OS/c11-3-8-1-2-9(14-8)4-12-5-10-6-13-7-15-10/h6-9,12H,1-5,11H2. The van der Waals surface area contributed by atoms with Crippen molar-refractivity contribution >= 4 is 11.3 Å². The van der Waals surface area contributed by atoms with E-state index >= 15 is 0 Å². The van der Waals surface area contributed by atoms with Crippen LogP contribution in [0.3, 0.4) is 0 Å². The number of thiazole rings is 1. The SMILES string of the molecule is NCC1CCC(CNCc2cncs2)O1. The quantitative estimate of drug-likeness (QED) is 0.779. The fourth-order valence-electron chi connectivity index (χ4n) is 1.79. The summed E-state index contributed by atoms with van der Waals surface area (Å²) >= 11 is 1.68. The van der Waals surface area contributed by atoms with E-state index < -0.39 is 0 Å². The molecule has 2 heterocycles. The van der Waals surface area contributed by atoms with Gasteiger partial charge in [-0.3, -0.25) is 4.98 Å². The molecule has 1 saturated heterocycles. The number of rotatable bonds is 5. The minimum Gasteiger partial charge on any atom is -0.372 e. The van der Waals surface area contributed by atoms with Crippen LogP contribution in [0.15, 0.2) is 11.7 Å². The summed E-state index contributed by atoms with van der Waals surface area (Å²) in [6.07, 6.45) is 4.74. The van der Waals surface area contributed by atoms with Gasteiger partial charge in [-0.1, -0.05) is 0 Å². The highest BCUT2D eigenvalue weighted by Gasteiger charge is 2.23. The molecule has 0 saturated carbocycles. The molecule has 2 rings (SSSR count). The lowest BCUT2D eigenvalue weighted by Crippen LogP contribution is -2.28. The van der Waals surface area contributed by atoms with Crippen LogP contribution in [-0.4, -0.2) is 30.3 Å². The molecule has 1 fully saturated rings. The van der Waals surface area contributed by atoms with Crippen LogP contribution in [0.25, 0.3) is 0 Å². The van der Waals surface area contributed by atoms with Crippen molar-refractivity contribution in [2.45, 2.75) is 31.6 Å². The molecule has 0 aliphatic carbocycles. The second-order valence-electron chi connectivity index (χ2n) is 3.79. The molecule has 2 atom stereocenters. The zero-order valence-corrected chi connectivity index (χ0v) is 9.50. The second-order valence-corrected chi connectivity index (χ2v) is 4.76. The van der Waals surface area contributed by atoms with E-state index in [4.69, 9.17) is 10.5 Å². The molecule has 0 bridgehead atoms. The minimum atomic E-state index is 0.278. The number of aromatic nitrogens is 1. The third-order valence-electron chi connectivity index (χ3n) is 2.61. The summed E-state index contributed by atoms with van der Waals surface area (Å²) in [4.78, 5) is 5.30. The molecular formula is C10H17N3OS. The Balaban J connectivity index is 1.63. The molecule has 1 aromatic heterocycles. The molecule has 4 nitrogen and oxygen atoms in total. The molecule has 0 spiro atoms. The summed E-state index contributed by atoms with van der Waals surface area (Å²) < 4.78 is 5.73. The van der Waals surface area contributed by atoms with Gasteiger partial charge in [0.05, 0.1) is 17.7 Å². The predicted molar refractivity (Wildman–Crippen MR) is 60.8 cm³/mol. The van der Waals surface area contributed by atoms with Crippen molar-refractivity contribution in [2.24, 2.45) is 5.73 Å². The normalized spacial score (nSPS) is 25.9. The first kappa shape index (κ1) is 11.0. The summed E-state index contributed by atoms with van der Waals surface area (Å²) in [5.41, 5.74) is 7.40. The number of nitrogens with two attached hydrogens (primary N) is 1. The van der Waals surface area contributed by atoms with E-state index in [9.17, 15) is 0 Å². The van der Waals surface area contributed by atoms with Gasteiger partial charge in [-0.25, -0.2) is 0 Å². The molecule has 0 radical (unpaired) electrons. The number of hydrogen-bond acceptors (Lipinski definition) is 5. The fraction of sp³-hybridized carbons (Fsp3) is 0.700. The summed E-state index contributed by atoms with van der Waals surface area (Å²) in [5.74, 6) is 0. The van der Waals surface area contributed by atoms with Crippen LogP contribution >= 0.6 is 11.3 Å². The second kappa shape index (κ2) is 5.55. The first-order valence-electron chi connectivity index (χ1n) is 5.32. The van der Waals surface area contributed by atoms with Crippen molar-refractivity contribution in [1.82, 2.24) is 10.3 Å². The molecule has 5 heteroatoms. The summed E-state index contributed by atoms with van der Waals surface area (Å²) in [7, 11) is 0. The number of nitrogens with zero attached hydrogens (tertiary/aromatic N) is 1. The molecule has 1 aliphatic heterocycles. The van der Waals surface area contributed by atoms with Gasteiger partial charge in [0, 0.05) is 30.7 Å². The molecule has 0 aromatic carbocycles. The first-order chi connectivity index (χ1) is 7.38. The molecule has 0 amide bonds. The van der Waals surface area contributed by atoms with E-state index in [0.717, 1.165) is 25.9 Å². The maximum Gasteiger partial charge on any atom is 0.0794 e. The van der Waals surface area contributed by atoms with Crippen molar-refractivity contribution in [3.05, 3.63) is 16.6 Å². The third kappa shape index (κ3) is 3.24. The highest BCUT2D eigenvalue weighted by atomic mass is 32.1. The van der Waals surface area contributed by atoms with Crippen LogP contribution in [0.1, 0.15) is 17.7 Å². The van der Waals surface area contributed by atoms with Gasteiger partial charge in [0.15, 0.2) is 0 Å². The average Bonchev–Trinajstić information content (AvgIpc) is 2.88. The Morgan fingerprint density at radius 3 is 3.07 bits per heavy atom. The lowest BCUT2D eigenvalue weighted by molar-refractivity contribution is 0.0504. The van der Waals surface area contributed by atoms with Gasteiger partial charge in [0.1, 0.15) is 0 Å². The van der Waals surface area contributed by atoms with Crippen LogP contribution in [0, 0.1) is 0 Å². The van der Waals surface area contributed by atoms with Gasteiger partial charge in [-0.15, -0.1) is 11.3 Å². The fourth-order valence-corrected chi connectivity index (χ4v) is 2.35. The minimum absolute atomic E-state index is 0.278. The molecule has 84 valence electrons. The molecule has 3 N–H and O–H groups in total.